The van der Waals surface area contributed by atoms with Crippen molar-refractivity contribution >= 4 is 22.9 Å². The lowest BCUT2D eigenvalue weighted by molar-refractivity contribution is 0.103. The maximum absolute atomic E-state index is 12.2. The summed E-state index contributed by atoms with van der Waals surface area (Å²) in [5.74, 6) is 0.691. The third-order valence-corrected chi connectivity index (χ3v) is 5.04. The van der Waals surface area contributed by atoms with Gasteiger partial charge in [-0.2, -0.15) is 0 Å². The fourth-order valence-corrected chi connectivity index (χ4v) is 3.39. The molecule has 2 aromatic rings. The van der Waals surface area contributed by atoms with Crippen molar-refractivity contribution in [3.63, 3.8) is 0 Å². The van der Waals surface area contributed by atoms with Gasteiger partial charge >= 0.3 is 0 Å². The molecule has 0 radical (unpaired) electrons. The van der Waals surface area contributed by atoms with E-state index in [-0.39, 0.29) is 5.91 Å². The Morgan fingerprint density at radius 3 is 2.58 bits per heavy atom. The van der Waals surface area contributed by atoms with Crippen molar-refractivity contribution in [3.8, 4) is 10.8 Å². The molecule has 1 aromatic carbocycles. The van der Waals surface area contributed by atoms with Crippen LogP contribution >= 0.6 is 11.3 Å². The third-order valence-electron chi connectivity index (χ3n) is 3.99. The van der Waals surface area contributed by atoms with E-state index in [0.29, 0.717) is 11.5 Å². The first-order valence-electron chi connectivity index (χ1n) is 8.15. The fourth-order valence-electron chi connectivity index (χ4n) is 2.68. The molecule has 1 aliphatic heterocycles. The maximum Gasteiger partial charge on any atom is 0.265 e. The van der Waals surface area contributed by atoms with Crippen molar-refractivity contribution in [1.29, 1.82) is 0 Å². The number of nitrogens with zero attached hydrogens (tertiary/aromatic N) is 1. The summed E-state index contributed by atoms with van der Waals surface area (Å²) in [6, 6.07) is 11.0. The number of likely N-dealkylation sites (tertiary alicyclic amines) is 1. The van der Waals surface area contributed by atoms with Crippen LogP contribution in [0.2, 0.25) is 0 Å². The number of anilines is 1. The Morgan fingerprint density at radius 2 is 1.92 bits per heavy atom. The molecule has 1 saturated heterocycles. The molecule has 1 fully saturated rings. The Balaban J connectivity index is 1.47. The van der Waals surface area contributed by atoms with Crippen LogP contribution in [0, 0.1) is 0 Å². The number of hydrogen-bond acceptors (Lipinski definition) is 5. The first-order chi connectivity index (χ1) is 11.7. The lowest BCUT2D eigenvalue weighted by atomic mass is 10.3. The van der Waals surface area contributed by atoms with E-state index >= 15 is 0 Å². The number of nitrogens with one attached hydrogen (secondary N) is 1. The summed E-state index contributed by atoms with van der Waals surface area (Å²) in [5.41, 5.74) is 0.749. The minimum atomic E-state index is -0.133. The smallest absolute Gasteiger partial charge is 0.265 e. The summed E-state index contributed by atoms with van der Waals surface area (Å²) in [6.07, 6.45) is 2.59. The van der Waals surface area contributed by atoms with E-state index in [0.717, 1.165) is 23.0 Å². The van der Waals surface area contributed by atoms with Crippen molar-refractivity contribution in [3.05, 3.63) is 41.3 Å². The van der Waals surface area contributed by atoms with Crippen LogP contribution in [0.4, 0.5) is 5.69 Å². The van der Waals surface area contributed by atoms with Gasteiger partial charge in [0.1, 0.15) is 12.4 Å². The molecule has 0 bridgehead atoms. The van der Waals surface area contributed by atoms with Crippen molar-refractivity contribution in [2.75, 3.05) is 38.7 Å². The molecule has 2 heterocycles. The minimum absolute atomic E-state index is 0.133. The summed E-state index contributed by atoms with van der Waals surface area (Å²) in [6.45, 7) is 4.03. The SMILES string of the molecule is COc1ccc(C(=O)Nc2ccc(OCCN3CCCC3)cc2)s1. The Morgan fingerprint density at radius 1 is 1.17 bits per heavy atom. The molecule has 0 saturated carbocycles. The Hall–Kier alpha value is -2.05. The van der Waals surface area contributed by atoms with Crippen LogP contribution in [0.1, 0.15) is 22.5 Å². The van der Waals surface area contributed by atoms with Gasteiger partial charge in [-0.1, -0.05) is 11.3 Å². The van der Waals surface area contributed by atoms with Gasteiger partial charge in [-0.3, -0.25) is 9.69 Å². The van der Waals surface area contributed by atoms with Gasteiger partial charge in [0.25, 0.3) is 5.91 Å². The second-order valence-corrected chi connectivity index (χ2v) is 6.74. The molecule has 24 heavy (non-hydrogen) atoms. The van der Waals surface area contributed by atoms with Crippen molar-refractivity contribution in [1.82, 2.24) is 4.90 Å². The van der Waals surface area contributed by atoms with Crippen molar-refractivity contribution in [2.24, 2.45) is 0 Å². The highest BCUT2D eigenvalue weighted by atomic mass is 32.1. The van der Waals surface area contributed by atoms with E-state index in [4.69, 9.17) is 9.47 Å². The highest BCUT2D eigenvalue weighted by Gasteiger charge is 2.11. The Bertz CT molecular complexity index is 663. The predicted octanol–water partition coefficient (Wildman–Crippen LogP) is 3.48. The molecule has 128 valence electrons. The number of amides is 1. The van der Waals surface area contributed by atoms with Gasteiger partial charge in [-0.15, -0.1) is 0 Å². The zero-order valence-corrected chi connectivity index (χ0v) is 14.6. The number of hydrogen-bond donors (Lipinski definition) is 1. The fraction of sp³-hybridized carbons (Fsp3) is 0.389. The maximum atomic E-state index is 12.2. The average Bonchev–Trinajstić information content (AvgIpc) is 3.28. The third kappa shape index (κ3) is 4.49. The Labute approximate surface area is 146 Å². The molecule has 1 aliphatic rings. The standard InChI is InChI=1S/C18H22N2O3S/c1-22-17-9-8-16(24-17)18(21)19-14-4-6-15(7-5-14)23-13-12-20-10-2-3-11-20/h4-9H,2-3,10-13H2,1H3,(H,19,21). The highest BCUT2D eigenvalue weighted by Crippen LogP contribution is 2.25. The molecule has 5 nitrogen and oxygen atoms in total. The molecule has 1 N–H and O–H groups in total. The summed E-state index contributed by atoms with van der Waals surface area (Å²) >= 11 is 1.32. The van der Waals surface area contributed by atoms with Gasteiger partial charge in [0, 0.05) is 12.2 Å². The largest absolute Gasteiger partial charge is 0.492 e. The van der Waals surface area contributed by atoms with Gasteiger partial charge in [0.05, 0.1) is 12.0 Å². The van der Waals surface area contributed by atoms with Crippen LogP contribution in [0.3, 0.4) is 0 Å². The van der Waals surface area contributed by atoms with Gasteiger partial charge < -0.3 is 14.8 Å². The highest BCUT2D eigenvalue weighted by molar-refractivity contribution is 7.15. The van der Waals surface area contributed by atoms with Gasteiger partial charge in [0.15, 0.2) is 5.06 Å². The zero-order chi connectivity index (χ0) is 16.8. The number of rotatable bonds is 7. The van der Waals surface area contributed by atoms with Crippen LogP contribution < -0.4 is 14.8 Å². The Kier molecular flexibility index (Phi) is 5.72. The van der Waals surface area contributed by atoms with Gasteiger partial charge in [0.2, 0.25) is 0 Å². The lowest BCUT2D eigenvalue weighted by Crippen LogP contribution is -2.25. The second kappa shape index (κ2) is 8.17. The monoisotopic (exact) mass is 346 g/mol. The summed E-state index contributed by atoms with van der Waals surface area (Å²) < 4.78 is 10.9. The lowest BCUT2D eigenvalue weighted by Gasteiger charge is -2.15. The molecular weight excluding hydrogens is 324 g/mol. The van der Waals surface area contributed by atoms with Crippen LogP contribution in [0.5, 0.6) is 10.8 Å². The van der Waals surface area contributed by atoms with Crippen LogP contribution in [0.15, 0.2) is 36.4 Å². The quantitative estimate of drug-likeness (QED) is 0.834. The van der Waals surface area contributed by atoms with Crippen LogP contribution in [-0.2, 0) is 0 Å². The molecule has 0 unspecified atom stereocenters. The van der Waals surface area contributed by atoms with E-state index in [1.165, 1.54) is 37.3 Å². The summed E-state index contributed by atoms with van der Waals surface area (Å²) in [4.78, 5) is 15.2. The number of thiophene rings is 1. The number of benzene rings is 1. The normalized spacial score (nSPS) is 14.5. The summed E-state index contributed by atoms with van der Waals surface area (Å²) in [5, 5.41) is 3.60. The van der Waals surface area contributed by atoms with Crippen LogP contribution in [-0.4, -0.2) is 44.2 Å². The van der Waals surface area contributed by atoms with E-state index in [9.17, 15) is 4.79 Å². The van der Waals surface area contributed by atoms with Gasteiger partial charge in [-0.25, -0.2) is 0 Å². The molecule has 0 aliphatic carbocycles. The molecule has 1 amide bonds. The second-order valence-electron chi connectivity index (χ2n) is 5.70. The summed E-state index contributed by atoms with van der Waals surface area (Å²) in [7, 11) is 1.59. The zero-order valence-electron chi connectivity index (χ0n) is 13.8. The molecule has 3 rings (SSSR count). The van der Waals surface area contributed by atoms with E-state index in [1.807, 2.05) is 24.3 Å². The number of carbonyl (C=O) groups excluding carboxylic acids is 1. The van der Waals surface area contributed by atoms with E-state index in [2.05, 4.69) is 10.2 Å². The van der Waals surface area contributed by atoms with Gasteiger partial charge in [-0.05, 0) is 62.3 Å². The van der Waals surface area contributed by atoms with Crippen LogP contribution in [0.25, 0.3) is 0 Å². The number of carbonyl (C=O) groups is 1. The average molecular weight is 346 g/mol. The predicted molar refractivity (Wildman–Crippen MR) is 96.4 cm³/mol. The minimum Gasteiger partial charge on any atom is -0.492 e. The van der Waals surface area contributed by atoms with E-state index < -0.39 is 0 Å². The number of methoxy groups -OCH3 is 1. The molecular formula is C18H22N2O3S. The molecule has 1 aromatic heterocycles. The van der Waals surface area contributed by atoms with E-state index in [1.54, 1.807) is 19.2 Å². The topological polar surface area (TPSA) is 50.8 Å². The first kappa shape index (κ1) is 16.8. The van der Waals surface area contributed by atoms with Crippen molar-refractivity contribution in [2.45, 2.75) is 12.8 Å². The molecule has 0 spiro atoms. The molecule has 0 atom stereocenters. The number of ether oxygens (including phenoxy) is 2. The first-order valence-corrected chi connectivity index (χ1v) is 8.96. The molecule has 6 heteroatoms. The van der Waals surface area contributed by atoms with Crippen molar-refractivity contribution < 1.29 is 14.3 Å².